The first-order valence-electron chi connectivity index (χ1n) is 5.00. The number of hydrogen-bond acceptors (Lipinski definition) is 4. The zero-order chi connectivity index (χ0) is 11.7. The van der Waals surface area contributed by atoms with Crippen LogP contribution in [0.5, 0.6) is 23.0 Å². The van der Waals surface area contributed by atoms with Crippen molar-refractivity contribution in [3.8, 4) is 23.0 Å². The highest BCUT2D eigenvalue weighted by molar-refractivity contribution is 9.10. The van der Waals surface area contributed by atoms with E-state index in [9.17, 15) is 0 Å². The molecule has 1 aromatic heterocycles. The summed E-state index contributed by atoms with van der Waals surface area (Å²) >= 11 is 3.37. The minimum Gasteiger partial charge on any atom is -0.456 e. The molecule has 4 nitrogen and oxygen atoms in total. The summed E-state index contributed by atoms with van der Waals surface area (Å²) < 4.78 is 17.0. The first-order chi connectivity index (χ1) is 8.33. The van der Waals surface area contributed by atoms with Crippen molar-refractivity contribution in [2.24, 2.45) is 0 Å². The van der Waals surface area contributed by atoms with Gasteiger partial charge in [0.15, 0.2) is 11.5 Å². The maximum absolute atomic E-state index is 5.71. The molecule has 1 aliphatic heterocycles. The van der Waals surface area contributed by atoms with Crippen molar-refractivity contribution in [3.05, 3.63) is 41.1 Å². The Hall–Kier alpha value is -1.75. The Balaban J connectivity index is 1.89. The summed E-state index contributed by atoms with van der Waals surface area (Å²) in [6.45, 7) is 0.262. The fourth-order valence-electron chi connectivity index (χ4n) is 1.51. The topological polar surface area (TPSA) is 40.6 Å². The standard InChI is InChI=1S/C12H8BrNO3/c13-9-6-14-4-3-10(9)17-8-1-2-11-12(5-8)16-7-15-11/h1-6H,7H2. The van der Waals surface area contributed by atoms with E-state index in [1.54, 1.807) is 24.5 Å². The summed E-state index contributed by atoms with van der Waals surface area (Å²) in [6, 6.07) is 7.25. The monoisotopic (exact) mass is 293 g/mol. The molecule has 0 N–H and O–H groups in total. The summed E-state index contributed by atoms with van der Waals surface area (Å²) in [4.78, 5) is 3.97. The quantitative estimate of drug-likeness (QED) is 0.851. The molecule has 0 radical (unpaired) electrons. The summed E-state index contributed by atoms with van der Waals surface area (Å²) in [5.41, 5.74) is 0. The lowest BCUT2D eigenvalue weighted by Crippen LogP contribution is -1.92. The second-order valence-electron chi connectivity index (χ2n) is 3.42. The zero-order valence-electron chi connectivity index (χ0n) is 8.72. The second kappa shape index (κ2) is 4.25. The molecule has 1 aromatic carbocycles. The van der Waals surface area contributed by atoms with Crippen molar-refractivity contribution in [3.63, 3.8) is 0 Å². The van der Waals surface area contributed by atoms with Gasteiger partial charge in [0.2, 0.25) is 6.79 Å². The molecule has 3 rings (SSSR count). The Kier molecular flexibility index (Phi) is 2.60. The summed E-state index contributed by atoms with van der Waals surface area (Å²) in [6.07, 6.45) is 3.36. The minimum atomic E-state index is 0.262. The third kappa shape index (κ3) is 2.06. The van der Waals surface area contributed by atoms with E-state index in [2.05, 4.69) is 20.9 Å². The van der Waals surface area contributed by atoms with Crippen LogP contribution in [0.4, 0.5) is 0 Å². The highest BCUT2D eigenvalue weighted by atomic mass is 79.9. The third-order valence-electron chi connectivity index (χ3n) is 2.31. The Morgan fingerprint density at radius 3 is 2.94 bits per heavy atom. The Labute approximate surface area is 106 Å². The van der Waals surface area contributed by atoms with Crippen molar-refractivity contribution in [2.45, 2.75) is 0 Å². The first-order valence-corrected chi connectivity index (χ1v) is 5.79. The fourth-order valence-corrected chi connectivity index (χ4v) is 1.84. The van der Waals surface area contributed by atoms with E-state index < -0.39 is 0 Å². The maximum Gasteiger partial charge on any atom is 0.231 e. The van der Waals surface area contributed by atoms with Gasteiger partial charge >= 0.3 is 0 Å². The Bertz CT molecular complexity index is 559. The van der Waals surface area contributed by atoms with Crippen molar-refractivity contribution in [2.75, 3.05) is 6.79 Å². The number of fused-ring (bicyclic) bond motifs is 1. The molecule has 0 fully saturated rings. The number of aromatic nitrogens is 1. The molecule has 1 aliphatic rings. The van der Waals surface area contributed by atoms with Crippen LogP contribution in [0, 0.1) is 0 Å². The normalized spacial score (nSPS) is 12.5. The maximum atomic E-state index is 5.71. The van der Waals surface area contributed by atoms with Gasteiger partial charge in [-0.25, -0.2) is 0 Å². The molecule has 5 heteroatoms. The number of hydrogen-bond donors (Lipinski definition) is 0. The second-order valence-corrected chi connectivity index (χ2v) is 4.28. The molecule has 0 saturated heterocycles. The molecule has 0 spiro atoms. The first kappa shape index (κ1) is 10.4. The van der Waals surface area contributed by atoms with E-state index in [0.29, 0.717) is 17.2 Å². The molecule has 0 atom stereocenters. The Morgan fingerprint density at radius 2 is 2.06 bits per heavy atom. The van der Waals surface area contributed by atoms with Crippen LogP contribution in [0.1, 0.15) is 0 Å². The average Bonchev–Trinajstić information content (AvgIpc) is 2.79. The number of benzene rings is 1. The van der Waals surface area contributed by atoms with E-state index in [4.69, 9.17) is 14.2 Å². The number of halogens is 1. The van der Waals surface area contributed by atoms with Gasteiger partial charge < -0.3 is 14.2 Å². The predicted octanol–water partition coefficient (Wildman–Crippen LogP) is 3.37. The molecular weight excluding hydrogens is 286 g/mol. The SMILES string of the molecule is Brc1cnccc1Oc1ccc2c(c1)OCO2. The number of pyridine rings is 1. The fraction of sp³-hybridized carbons (Fsp3) is 0.0833. The largest absolute Gasteiger partial charge is 0.456 e. The molecule has 0 bridgehead atoms. The van der Waals surface area contributed by atoms with Gasteiger partial charge in [-0.15, -0.1) is 0 Å². The van der Waals surface area contributed by atoms with Gasteiger partial charge in [0.1, 0.15) is 11.5 Å². The van der Waals surface area contributed by atoms with E-state index >= 15 is 0 Å². The molecule has 2 aromatic rings. The van der Waals surface area contributed by atoms with E-state index in [-0.39, 0.29) is 6.79 Å². The lowest BCUT2D eigenvalue weighted by molar-refractivity contribution is 0.174. The van der Waals surface area contributed by atoms with E-state index in [1.165, 1.54) is 0 Å². The van der Waals surface area contributed by atoms with Gasteiger partial charge in [-0.2, -0.15) is 0 Å². The molecule has 2 heterocycles. The lowest BCUT2D eigenvalue weighted by atomic mass is 10.3. The lowest BCUT2D eigenvalue weighted by Gasteiger charge is -2.07. The van der Waals surface area contributed by atoms with Crippen LogP contribution in [0.25, 0.3) is 0 Å². The zero-order valence-corrected chi connectivity index (χ0v) is 10.3. The van der Waals surface area contributed by atoms with Gasteiger partial charge in [-0.05, 0) is 28.1 Å². The van der Waals surface area contributed by atoms with Crippen LogP contribution in [0.2, 0.25) is 0 Å². The summed E-state index contributed by atoms with van der Waals surface area (Å²) in [5.74, 6) is 2.85. The molecule has 0 amide bonds. The van der Waals surface area contributed by atoms with Gasteiger partial charge in [0.25, 0.3) is 0 Å². The summed E-state index contributed by atoms with van der Waals surface area (Å²) in [7, 11) is 0. The van der Waals surface area contributed by atoms with Gasteiger partial charge in [0.05, 0.1) is 4.47 Å². The number of rotatable bonds is 2. The highest BCUT2D eigenvalue weighted by Crippen LogP contribution is 2.37. The van der Waals surface area contributed by atoms with Crippen LogP contribution in [-0.4, -0.2) is 11.8 Å². The van der Waals surface area contributed by atoms with Crippen LogP contribution in [0.15, 0.2) is 41.1 Å². The minimum absolute atomic E-state index is 0.262. The highest BCUT2D eigenvalue weighted by Gasteiger charge is 2.14. The molecule has 17 heavy (non-hydrogen) atoms. The predicted molar refractivity (Wildman–Crippen MR) is 64.6 cm³/mol. The van der Waals surface area contributed by atoms with Crippen LogP contribution in [0.3, 0.4) is 0 Å². The third-order valence-corrected chi connectivity index (χ3v) is 2.90. The van der Waals surface area contributed by atoms with Crippen LogP contribution >= 0.6 is 15.9 Å². The van der Waals surface area contributed by atoms with E-state index in [1.807, 2.05) is 12.1 Å². The van der Waals surface area contributed by atoms with Crippen LogP contribution < -0.4 is 14.2 Å². The van der Waals surface area contributed by atoms with Crippen molar-refractivity contribution >= 4 is 15.9 Å². The molecular formula is C12H8BrNO3. The van der Waals surface area contributed by atoms with Gasteiger partial charge in [0, 0.05) is 24.5 Å². The Morgan fingerprint density at radius 1 is 1.18 bits per heavy atom. The molecule has 0 saturated carbocycles. The summed E-state index contributed by atoms with van der Waals surface area (Å²) in [5, 5.41) is 0. The molecule has 0 unspecified atom stereocenters. The number of ether oxygens (including phenoxy) is 3. The smallest absolute Gasteiger partial charge is 0.231 e. The van der Waals surface area contributed by atoms with Gasteiger partial charge in [-0.1, -0.05) is 0 Å². The number of nitrogens with zero attached hydrogens (tertiary/aromatic N) is 1. The molecule has 86 valence electrons. The van der Waals surface area contributed by atoms with Crippen LogP contribution in [-0.2, 0) is 0 Å². The average molecular weight is 294 g/mol. The molecule has 0 aliphatic carbocycles. The van der Waals surface area contributed by atoms with Gasteiger partial charge in [-0.3, -0.25) is 4.98 Å². The van der Waals surface area contributed by atoms with Crippen molar-refractivity contribution in [1.29, 1.82) is 0 Å². The van der Waals surface area contributed by atoms with Crippen molar-refractivity contribution in [1.82, 2.24) is 4.98 Å². The van der Waals surface area contributed by atoms with Crippen molar-refractivity contribution < 1.29 is 14.2 Å². The van der Waals surface area contributed by atoms with E-state index in [0.717, 1.165) is 10.2 Å².